The van der Waals surface area contributed by atoms with Crippen LogP contribution in [0.5, 0.6) is 0 Å². The summed E-state index contributed by atoms with van der Waals surface area (Å²) in [6, 6.07) is 1.57. The minimum Gasteiger partial charge on any atom is -0.398 e. The van der Waals surface area contributed by atoms with Crippen LogP contribution in [0, 0.1) is 0 Å². The van der Waals surface area contributed by atoms with E-state index in [-0.39, 0.29) is 32.7 Å². The molecule has 4 N–H and O–H groups in total. The average Bonchev–Trinajstić information content (AvgIpc) is 2.34. The number of nitrogens with zero attached hydrogens (tertiary/aromatic N) is 3. The molecule has 0 amide bonds. The van der Waals surface area contributed by atoms with E-state index in [4.69, 9.17) is 11.5 Å². The molecule has 0 bridgehead atoms. The van der Waals surface area contributed by atoms with Crippen LogP contribution < -0.4 is 16.5 Å². The SMILES string of the molecule is Nc1cc(N)c2nc[n-]c2n1.[Y]. The number of hydrogen-bond donors (Lipinski definition) is 2. The molecular formula is C6H6N5Y-. The van der Waals surface area contributed by atoms with Crippen molar-refractivity contribution in [3.63, 3.8) is 0 Å². The summed E-state index contributed by atoms with van der Waals surface area (Å²) >= 11 is 0. The van der Waals surface area contributed by atoms with E-state index in [1.807, 2.05) is 0 Å². The van der Waals surface area contributed by atoms with Gasteiger partial charge in [0.05, 0.1) is 5.82 Å². The molecule has 0 atom stereocenters. The number of rotatable bonds is 0. The van der Waals surface area contributed by atoms with Crippen LogP contribution in [0.25, 0.3) is 11.2 Å². The fourth-order valence-corrected chi connectivity index (χ4v) is 0.928. The van der Waals surface area contributed by atoms with Gasteiger partial charge in [0.25, 0.3) is 0 Å². The molecule has 0 fully saturated rings. The molecule has 6 heteroatoms. The first-order chi connectivity index (χ1) is 5.27. The number of hydrogen-bond acceptors (Lipinski definition) is 4. The van der Waals surface area contributed by atoms with E-state index in [1.54, 1.807) is 6.07 Å². The predicted molar refractivity (Wildman–Crippen MR) is 41.7 cm³/mol. The molecule has 0 aromatic carbocycles. The first kappa shape index (κ1) is 9.41. The summed E-state index contributed by atoms with van der Waals surface area (Å²) < 4.78 is 0. The molecule has 0 saturated carbocycles. The van der Waals surface area contributed by atoms with Gasteiger partial charge in [-0.1, -0.05) is 0 Å². The molecule has 2 heterocycles. The average molecular weight is 237 g/mol. The van der Waals surface area contributed by atoms with Crippen molar-refractivity contribution in [2.75, 3.05) is 11.5 Å². The maximum Gasteiger partial charge on any atom is 0.0543 e. The molecule has 0 saturated heterocycles. The Balaban J connectivity index is 0.000000720. The minimum atomic E-state index is 0. The molecule has 0 spiro atoms. The molecule has 12 heavy (non-hydrogen) atoms. The van der Waals surface area contributed by atoms with Crippen molar-refractivity contribution in [2.45, 2.75) is 0 Å². The predicted octanol–water partition coefficient (Wildman–Crippen LogP) is -0.251. The van der Waals surface area contributed by atoms with Crippen LogP contribution in [-0.2, 0) is 32.7 Å². The molecule has 0 aliphatic carbocycles. The third kappa shape index (κ3) is 1.42. The number of anilines is 2. The van der Waals surface area contributed by atoms with Gasteiger partial charge in [-0.05, 0) is 12.4 Å². The van der Waals surface area contributed by atoms with Crippen molar-refractivity contribution in [3.8, 4) is 0 Å². The molecule has 0 aliphatic rings. The van der Waals surface area contributed by atoms with E-state index in [2.05, 4.69) is 15.0 Å². The Bertz CT molecular complexity index is 396. The maximum atomic E-state index is 5.58. The number of pyridine rings is 1. The monoisotopic (exact) mass is 237 g/mol. The van der Waals surface area contributed by atoms with E-state index < -0.39 is 0 Å². The molecule has 0 unspecified atom stereocenters. The Morgan fingerprint density at radius 2 is 2.08 bits per heavy atom. The van der Waals surface area contributed by atoms with Crippen molar-refractivity contribution < 1.29 is 32.7 Å². The van der Waals surface area contributed by atoms with Crippen LogP contribution in [0.15, 0.2) is 12.4 Å². The van der Waals surface area contributed by atoms with E-state index in [1.165, 1.54) is 6.33 Å². The summed E-state index contributed by atoms with van der Waals surface area (Å²) in [5.41, 5.74) is 12.6. The van der Waals surface area contributed by atoms with Crippen LogP contribution in [0.2, 0.25) is 0 Å². The number of nitrogen functional groups attached to an aromatic ring is 2. The molecular weight excluding hydrogens is 231 g/mol. The maximum absolute atomic E-state index is 5.58. The summed E-state index contributed by atoms with van der Waals surface area (Å²) in [5, 5.41) is 0. The first-order valence-electron chi connectivity index (χ1n) is 3.07. The zero-order valence-corrected chi connectivity index (χ0v) is 9.07. The normalized spacial score (nSPS) is 9.67. The molecule has 2 aromatic heterocycles. The zero-order chi connectivity index (χ0) is 7.84. The van der Waals surface area contributed by atoms with Gasteiger partial charge in [0, 0.05) is 49.6 Å². The minimum absolute atomic E-state index is 0. The summed E-state index contributed by atoms with van der Waals surface area (Å²) in [6.07, 6.45) is 1.41. The smallest absolute Gasteiger partial charge is 0.0543 e. The third-order valence-electron chi connectivity index (χ3n) is 1.39. The van der Waals surface area contributed by atoms with Gasteiger partial charge in [0.2, 0.25) is 0 Å². The van der Waals surface area contributed by atoms with Gasteiger partial charge < -0.3 is 26.4 Å². The Labute approximate surface area is 93.8 Å². The number of aromatic nitrogens is 3. The Morgan fingerprint density at radius 1 is 1.33 bits per heavy atom. The summed E-state index contributed by atoms with van der Waals surface area (Å²) in [6.45, 7) is 0. The standard InChI is InChI=1S/C6H6N5.Y/c7-3-1-4(8)11-6-5(3)9-2-10-6;/h1-2H,(H4-,7,8,9,10,11);/q-1;. The fourth-order valence-electron chi connectivity index (χ4n) is 0.928. The number of fused-ring (bicyclic) bond motifs is 1. The second kappa shape index (κ2) is 3.37. The third-order valence-corrected chi connectivity index (χ3v) is 1.39. The van der Waals surface area contributed by atoms with Gasteiger partial charge >= 0.3 is 0 Å². The van der Waals surface area contributed by atoms with Gasteiger partial charge in [-0.3, -0.25) is 0 Å². The van der Waals surface area contributed by atoms with Crippen molar-refractivity contribution in [1.29, 1.82) is 0 Å². The summed E-state index contributed by atoms with van der Waals surface area (Å²) in [7, 11) is 0. The van der Waals surface area contributed by atoms with Crippen molar-refractivity contribution in [1.82, 2.24) is 15.0 Å². The second-order valence-corrected chi connectivity index (χ2v) is 2.18. The van der Waals surface area contributed by atoms with E-state index >= 15 is 0 Å². The van der Waals surface area contributed by atoms with Crippen LogP contribution in [0.1, 0.15) is 0 Å². The van der Waals surface area contributed by atoms with Gasteiger partial charge in [-0.25, -0.2) is 0 Å². The van der Waals surface area contributed by atoms with E-state index in [9.17, 15) is 0 Å². The van der Waals surface area contributed by atoms with Crippen molar-refractivity contribution in [2.24, 2.45) is 0 Å². The molecule has 1 radical (unpaired) electrons. The molecule has 2 aromatic rings. The van der Waals surface area contributed by atoms with Crippen molar-refractivity contribution >= 4 is 22.7 Å². The number of nitrogens with two attached hydrogens (primary N) is 2. The summed E-state index contributed by atoms with van der Waals surface area (Å²) in [5.74, 6) is 0.371. The van der Waals surface area contributed by atoms with E-state index in [0.29, 0.717) is 22.7 Å². The van der Waals surface area contributed by atoms with Gasteiger partial charge in [-0.15, -0.1) is 0 Å². The number of imidazole rings is 1. The quantitative estimate of drug-likeness (QED) is 0.659. The fraction of sp³-hybridized carbons (Fsp3) is 0. The molecule has 0 aliphatic heterocycles. The Kier molecular flexibility index (Phi) is 2.64. The Morgan fingerprint density at radius 3 is 2.83 bits per heavy atom. The van der Waals surface area contributed by atoms with Gasteiger partial charge in [0.1, 0.15) is 0 Å². The molecule has 5 nitrogen and oxygen atoms in total. The van der Waals surface area contributed by atoms with Gasteiger partial charge in [-0.2, -0.15) is 0 Å². The van der Waals surface area contributed by atoms with E-state index in [0.717, 1.165) is 0 Å². The van der Waals surface area contributed by atoms with Crippen LogP contribution in [0.4, 0.5) is 11.5 Å². The molecule has 2 rings (SSSR count). The summed E-state index contributed by atoms with van der Waals surface area (Å²) in [4.78, 5) is 11.7. The first-order valence-corrected chi connectivity index (χ1v) is 3.07. The van der Waals surface area contributed by atoms with Crippen LogP contribution in [-0.4, -0.2) is 9.97 Å². The van der Waals surface area contributed by atoms with Gasteiger partial charge in [0.15, 0.2) is 0 Å². The van der Waals surface area contributed by atoms with Crippen LogP contribution in [0.3, 0.4) is 0 Å². The zero-order valence-electron chi connectivity index (χ0n) is 6.23. The largest absolute Gasteiger partial charge is 0.398 e. The topological polar surface area (TPSA) is 91.9 Å². The Hall–Kier alpha value is -0.676. The van der Waals surface area contributed by atoms with Crippen LogP contribution >= 0.6 is 0 Å². The van der Waals surface area contributed by atoms with Crippen molar-refractivity contribution in [3.05, 3.63) is 12.4 Å². The second-order valence-electron chi connectivity index (χ2n) is 2.18. The molecule has 59 valence electrons.